The van der Waals surface area contributed by atoms with E-state index in [9.17, 15) is 22.0 Å². The molecule has 0 saturated carbocycles. The normalized spacial score (nSPS) is 10.5. The fourth-order valence-corrected chi connectivity index (χ4v) is 4.85. The van der Waals surface area contributed by atoms with Crippen LogP contribution in [0.3, 0.4) is 0 Å². The number of benzene rings is 5. The van der Waals surface area contributed by atoms with Crippen LogP contribution in [0, 0.1) is 40.4 Å². The van der Waals surface area contributed by atoms with Crippen molar-refractivity contribution in [3.8, 4) is 45.2 Å². The van der Waals surface area contributed by atoms with E-state index in [0.717, 1.165) is 48.1 Å². The van der Waals surface area contributed by atoms with Gasteiger partial charge < -0.3 is 9.53 Å². The van der Waals surface area contributed by atoms with E-state index in [1.165, 1.54) is 18.2 Å². The molecule has 0 saturated heterocycles. The number of rotatable bonds is 10. The third-order valence-corrected chi connectivity index (χ3v) is 7.19. The maximum atomic E-state index is 14.9. The number of hydrogen-bond acceptors (Lipinski definition) is 3. The predicted molar refractivity (Wildman–Crippen MR) is 164 cm³/mol. The average Bonchev–Trinajstić information content (AvgIpc) is 3.06. The number of aryl methyl sites for hydroxylation is 1. The minimum absolute atomic E-state index is 0.00576. The Bertz CT molecular complexity index is 1780. The highest BCUT2D eigenvalue weighted by Gasteiger charge is 2.14. The lowest BCUT2D eigenvalue weighted by molar-refractivity contribution is -0.0980. The minimum Gasteiger partial charge on any atom is -0.494 e. The van der Waals surface area contributed by atoms with Crippen LogP contribution in [0.5, 0.6) is 5.75 Å². The van der Waals surface area contributed by atoms with E-state index >= 15 is 0 Å². The Hall–Kier alpha value is -5.29. The highest BCUT2D eigenvalue weighted by molar-refractivity contribution is 5.71. The number of hydrogen-bond donors (Lipinski definition) is 0. The average molecular weight is 614 g/mol. The van der Waals surface area contributed by atoms with Gasteiger partial charge in [-0.25, -0.2) is 22.0 Å². The summed E-state index contributed by atoms with van der Waals surface area (Å²) < 4.78 is 75.6. The summed E-state index contributed by atoms with van der Waals surface area (Å²) >= 11 is 0. The highest BCUT2D eigenvalue weighted by atomic mass is 19.2. The summed E-state index contributed by atoms with van der Waals surface area (Å²) in [6.45, 7) is 2.50. The van der Waals surface area contributed by atoms with Crippen molar-refractivity contribution in [3.63, 3.8) is 0 Å². The van der Waals surface area contributed by atoms with Crippen LogP contribution >= 0.6 is 0 Å². The number of nitriles is 1. The second kappa shape index (κ2) is 15.4. The second-order valence-electron chi connectivity index (χ2n) is 10.1. The van der Waals surface area contributed by atoms with Crippen LogP contribution in [0.25, 0.3) is 33.4 Å². The second-order valence-corrected chi connectivity index (χ2v) is 10.1. The van der Waals surface area contributed by atoms with Gasteiger partial charge in [0, 0.05) is 11.1 Å². The SMILES string of the molecule is C=O.N#Cc1ccc(-c2ccc(-c3ccc(OCCCCCc4ccc(-c5cc(F)c(F)c(F)c5)c(F)c4)cc3)cc2F)cc1. The first-order valence-electron chi connectivity index (χ1n) is 14.1. The van der Waals surface area contributed by atoms with Gasteiger partial charge in [-0.05, 0) is 102 Å². The van der Waals surface area contributed by atoms with Crippen molar-refractivity contribution in [1.82, 2.24) is 0 Å². The van der Waals surface area contributed by atoms with Crippen molar-refractivity contribution in [1.29, 1.82) is 5.26 Å². The molecule has 8 heteroatoms. The molecule has 0 unspecified atom stereocenters. The molecule has 0 heterocycles. The molecule has 0 bridgehead atoms. The van der Waals surface area contributed by atoms with Crippen LogP contribution < -0.4 is 4.74 Å². The summed E-state index contributed by atoms with van der Waals surface area (Å²) in [6, 6.07) is 27.4. The first-order valence-corrected chi connectivity index (χ1v) is 14.1. The zero-order chi connectivity index (χ0) is 32.3. The van der Waals surface area contributed by atoms with E-state index in [2.05, 4.69) is 6.07 Å². The highest BCUT2D eigenvalue weighted by Crippen LogP contribution is 2.30. The van der Waals surface area contributed by atoms with Gasteiger partial charge in [-0.2, -0.15) is 5.26 Å². The van der Waals surface area contributed by atoms with E-state index < -0.39 is 23.3 Å². The molecule has 0 aliphatic rings. The third-order valence-electron chi connectivity index (χ3n) is 7.19. The lowest BCUT2D eigenvalue weighted by atomic mass is 9.99. The number of carbonyl (C=O) groups is 1. The maximum absolute atomic E-state index is 14.9. The molecule has 0 fully saturated rings. The molecule has 5 rings (SSSR count). The van der Waals surface area contributed by atoms with Crippen LogP contribution in [0.2, 0.25) is 0 Å². The maximum Gasteiger partial charge on any atom is 0.194 e. The standard InChI is InChI=1S/C36H26F5NO.CH2O/c37-32-18-23(7-15-31(32)28-20-34(39)36(41)35(40)21-28)4-2-1-3-17-43-29-13-10-25(11-14-29)27-12-16-30(33(38)19-27)26-8-5-24(22-42)6-9-26;1-2/h5-16,18-21H,1-4,17H2;1H2. The van der Waals surface area contributed by atoms with E-state index in [4.69, 9.17) is 14.8 Å². The molecule has 0 aromatic heterocycles. The largest absolute Gasteiger partial charge is 0.494 e. The van der Waals surface area contributed by atoms with Crippen molar-refractivity contribution in [2.75, 3.05) is 6.61 Å². The van der Waals surface area contributed by atoms with Gasteiger partial charge in [-0.15, -0.1) is 0 Å². The molecule has 3 nitrogen and oxygen atoms in total. The van der Waals surface area contributed by atoms with Gasteiger partial charge in [0.25, 0.3) is 0 Å². The summed E-state index contributed by atoms with van der Waals surface area (Å²) in [5.41, 5.74) is 3.98. The van der Waals surface area contributed by atoms with Crippen LogP contribution in [-0.2, 0) is 11.2 Å². The Morgan fingerprint density at radius 1 is 0.578 bits per heavy atom. The zero-order valence-electron chi connectivity index (χ0n) is 24.1. The molecule has 5 aromatic carbocycles. The van der Waals surface area contributed by atoms with Gasteiger partial charge in [0.1, 0.15) is 24.2 Å². The number of carbonyl (C=O) groups excluding carboxylic acids is 1. The number of ether oxygens (including phenoxy) is 1. The number of nitrogens with zero attached hydrogens (tertiary/aromatic N) is 1. The van der Waals surface area contributed by atoms with E-state index in [-0.39, 0.29) is 16.9 Å². The first-order chi connectivity index (χ1) is 21.8. The molecule has 0 spiro atoms. The lowest BCUT2D eigenvalue weighted by Gasteiger charge is -2.10. The van der Waals surface area contributed by atoms with Crippen molar-refractivity contribution in [2.45, 2.75) is 25.7 Å². The van der Waals surface area contributed by atoms with Gasteiger partial charge in [0.15, 0.2) is 17.5 Å². The molecule has 0 atom stereocenters. The summed E-state index contributed by atoms with van der Waals surface area (Å²) in [7, 11) is 0. The Morgan fingerprint density at radius 3 is 1.76 bits per heavy atom. The minimum atomic E-state index is -1.58. The Kier molecular flexibility index (Phi) is 11.2. The molecular formula is C37H28F5NO2. The van der Waals surface area contributed by atoms with Crippen molar-refractivity contribution in [2.24, 2.45) is 0 Å². The fourth-order valence-electron chi connectivity index (χ4n) is 4.85. The fraction of sp³-hybridized carbons (Fsp3) is 0.135. The Labute approximate surface area is 258 Å². The van der Waals surface area contributed by atoms with Gasteiger partial charge >= 0.3 is 0 Å². The summed E-state index contributed by atoms with van der Waals surface area (Å²) in [4.78, 5) is 8.00. The molecule has 0 amide bonds. The van der Waals surface area contributed by atoms with Gasteiger partial charge in [-0.3, -0.25) is 0 Å². The first kappa shape index (κ1) is 32.6. The molecule has 0 aliphatic heterocycles. The van der Waals surface area contributed by atoms with Gasteiger partial charge in [0.2, 0.25) is 0 Å². The lowest BCUT2D eigenvalue weighted by Crippen LogP contribution is -1.98. The van der Waals surface area contributed by atoms with E-state index in [1.54, 1.807) is 36.4 Å². The van der Waals surface area contributed by atoms with Gasteiger partial charge in [-0.1, -0.05) is 48.5 Å². The molecular weight excluding hydrogens is 585 g/mol. The molecule has 0 radical (unpaired) electrons. The summed E-state index contributed by atoms with van der Waals surface area (Å²) in [5.74, 6) is -4.58. The number of halogens is 5. The molecule has 0 aliphatic carbocycles. The van der Waals surface area contributed by atoms with E-state index in [0.29, 0.717) is 35.5 Å². The smallest absolute Gasteiger partial charge is 0.194 e. The zero-order valence-corrected chi connectivity index (χ0v) is 24.1. The van der Waals surface area contributed by atoms with Gasteiger partial charge in [0.05, 0.1) is 18.2 Å². The summed E-state index contributed by atoms with van der Waals surface area (Å²) in [5, 5.41) is 8.95. The van der Waals surface area contributed by atoms with Crippen LogP contribution in [0.15, 0.2) is 97.1 Å². The third kappa shape index (κ3) is 8.21. The molecule has 228 valence electrons. The van der Waals surface area contributed by atoms with Crippen LogP contribution in [0.4, 0.5) is 22.0 Å². The predicted octanol–water partition coefficient (Wildman–Crippen LogP) is 9.86. The quantitative estimate of drug-likeness (QED) is 0.0895. The summed E-state index contributed by atoms with van der Waals surface area (Å²) in [6.07, 6.45) is 3.06. The number of unbranched alkanes of at least 4 members (excludes halogenated alkanes) is 2. The topological polar surface area (TPSA) is 50.1 Å². The van der Waals surface area contributed by atoms with Crippen LogP contribution in [-0.4, -0.2) is 13.4 Å². The van der Waals surface area contributed by atoms with Crippen LogP contribution in [0.1, 0.15) is 30.4 Å². The molecule has 0 N–H and O–H groups in total. The Morgan fingerprint density at radius 2 is 1.13 bits per heavy atom. The van der Waals surface area contributed by atoms with Crippen molar-refractivity contribution in [3.05, 3.63) is 137 Å². The van der Waals surface area contributed by atoms with Crippen molar-refractivity contribution < 1.29 is 31.5 Å². The van der Waals surface area contributed by atoms with Crippen molar-refractivity contribution >= 4 is 6.79 Å². The van der Waals surface area contributed by atoms with E-state index in [1.807, 2.05) is 37.1 Å². The molecule has 5 aromatic rings. The monoisotopic (exact) mass is 613 g/mol. The molecule has 45 heavy (non-hydrogen) atoms. The Balaban J connectivity index is 0.00000226.